The van der Waals surface area contributed by atoms with Crippen LogP contribution in [0.1, 0.15) is 16.1 Å². The smallest absolute Gasteiger partial charge is 0.259 e. The van der Waals surface area contributed by atoms with Crippen LogP contribution in [-0.4, -0.2) is 44.9 Å². The fourth-order valence-electron chi connectivity index (χ4n) is 2.48. The van der Waals surface area contributed by atoms with Gasteiger partial charge in [-0.15, -0.1) is 0 Å². The van der Waals surface area contributed by atoms with E-state index in [1.165, 1.54) is 4.90 Å². The summed E-state index contributed by atoms with van der Waals surface area (Å²) in [5.74, 6) is -0.585. The number of nitrogens with one attached hydrogen (secondary N) is 1. The number of carbonyl (C=O) groups excluding carboxylic acids is 2. The highest BCUT2D eigenvalue weighted by molar-refractivity contribution is 9.10. The lowest BCUT2D eigenvalue weighted by atomic mass is 10.2. The number of hydrogen-bond acceptors (Lipinski definition) is 4. The number of likely N-dealkylation sites (N-methyl/N-ethyl adjacent to an activating group) is 1. The molecule has 25 heavy (non-hydrogen) atoms. The first-order valence-electron chi connectivity index (χ1n) is 7.57. The van der Waals surface area contributed by atoms with Crippen molar-refractivity contribution < 1.29 is 9.59 Å². The normalized spacial score (nSPS) is 10.7. The molecule has 2 amide bonds. The molecule has 0 aliphatic heterocycles. The Kier molecular flexibility index (Phi) is 4.80. The van der Waals surface area contributed by atoms with Crippen molar-refractivity contribution in [2.75, 3.05) is 18.9 Å². The molecule has 2 aromatic heterocycles. The van der Waals surface area contributed by atoms with Crippen molar-refractivity contribution in [2.45, 2.75) is 6.92 Å². The Labute approximate surface area is 152 Å². The van der Waals surface area contributed by atoms with Crippen LogP contribution in [0, 0.1) is 6.92 Å². The van der Waals surface area contributed by atoms with Crippen LogP contribution in [0.5, 0.6) is 0 Å². The third kappa shape index (κ3) is 3.53. The number of rotatable bonds is 4. The van der Waals surface area contributed by atoms with E-state index in [0.717, 1.165) is 4.47 Å². The van der Waals surface area contributed by atoms with E-state index in [0.29, 0.717) is 22.6 Å². The van der Waals surface area contributed by atoms with E-state index < -0.39 is 0 Å². The summed E-state index contributed by atoms with van der Waals surface area (Å²) in [4.78, 5) is 30.5. The molecule has 0 saturated heterocycles. The Bertz CT molecular complexity index is 953. The van der Waals surface area contributed by atoms with Gasteiger partial charge in [0.2, 0.25) is 5.91 Å². The second-order valence-corrected chi connectivity index (χ2v) is 6.39. The van der Waals surface area contributed by atoms with Crippen LogP contribution >= 0.6 is 15.9 Å². The highest BCUT2D eigenvalue weighted by Crippen LogP contribution is 2.21. The maximum Gasteiger partial charge on any atom is 0.259 e. The van der Waals surface area contributed by atoms with Crippen molar-refractivity contribution in [1.29, 1.82) is 0 Å². The molecule has 7 nitrogen and oxygen atoms in total. The largest absolute Gasteiger partial charge is 0.332 e. The third-order valence-corrected chi connectivity index (χ3v) is 4.35. The van der Waals surface area contributed by atoms with Crippen molar-refractivity contribution in [3.63, 3.8) is 0 Å². The van der Waals surface area contributed by atoms with Crippen LogP contribution in [-0.2, 0) is 4.79 Å². The molecule has 0 fully saturated rings. The number of para-hydroxylation sites is 1. The number of anilines is 1. The lowest BCUT2D eigenvalue weighted by Gasteiger charge is -2.17. The van der Waals surface area contributed by atoms with Crippen LogP contribution in [0.15, 0.2) is 47.2 Å². The van der Waals surface area contributed by atoms with Crippen molar-refractivity contribution in [3.05, 3.63) is 58.5 Å². The maximum absolute atomic E-state index is 12.7. The summed E-state index contributed by atoms with van der Waals surface area (Å²) >= 11 is 3.37. The molecule has 0 saturated carbocycles. The lowest BCUT2D eigenvalue weighted by Crippen LogP contribution is -2.35. The minimum absolute atomic E-state index is 0.0796. The van der Waals surface area contributed by atoms with E-state index in [4.69, 9.17) is 0 Å². The number of fused-ring (bicyclic) bond motifs is 1. The molecule has 128 valence electrons. The van der Waals surface area contributed by atoms with E-state index in [1.807, 2.05) is 18.2 Å². The highest BCUT2D eigenvalue weighted by Gasteiger charge is 2.23. The molecule has 8 heteroatoms. The van der Waals surface area contributed by atoms with Gasteiger partial charge in [0.05, 0.1) is 17.9 Å². The van der Waals surface area contributed by atoms with E-state index in [2.05, 4.69) is 31.3 Å². The van der Waals surface area contributed by atoms with Gasteiger partial charge in [-0.25, -0.2) is 9.50 Å². The molecule has 2 heterocycles. The molecule has 0 bridgehead atoms. The Morgan fingerprint density at radius 3 is 2.80 bits per heavy atom. The zero-order chi connectivity index (χ0) is 18.0. The standard InChI is InChI=1S/C17H16BrN5O2/c1-11-15(16-19-8-5-9-23(16)21-11)17(25)22(2)10-14(24)20-13-7-4-3-6-12(13)18/h3-9H,10H2,1-2H3,(H,20,24). The van der Waals surface area contributed by atoms with E-state index in [-0.39, 0.29) is 18.4 Å². The summed E-state index contributed by atoms with van der Waals surface area (Å²) in [6.45, 7) is 1.67. The summed E-state index contributed by atoms with van der Waals surface area (Å²) in [7, 11) is 1.58. The molecule has 3 aromatic rings. The van der Waals surface area contributed by atoms with Crippen LogP contribution in [0.25, 0.3) is 5.65 Å². The quantitative estimate of drug-likeness (QED) is 0.728. The summed E-state index contributed by atoms with van der Waals surface area (Å²) in [5.41, 5.74) is 2.10. The minimum Gasteiger partial charge on any atom is -0.332 e. The minimum atomic E-state index is -0.298. The highest BCUT2D eigenvalue weighted by atomic mass is 79.9. The molecule has 1 N–H and O–H groups in total. The summed E-state index contributed by atoms with van der Waals surface area (Å²) in [6, 6.07) is 9.03. The first kappa shape index (κ1) is 17.1. The first-order chi connectivity index (χ1) is 12.0. The molecule has 0 atom stereocenters. The number of halogens is 1. The van der Waals surface area contributed by atoms with Crippen LogP contribution in [0.4, 0.5) is 5.69 Å². The Balaban J connectivity index is 1.75. The number of benzene rings is 1. The first-order valence-corrected chi connectivity index (χ1v) is 8.36. The topological polar surface area (TPSA) is 79.6 Å². The van der Waals surface area contributed by atoms with Crippen molar-refractivity contribution in [2.24, 2.45) is 0 Å². The van der Waals surface area contributed by atoms with Crippen LogP contribution in [0.3, 0.4) is 0 Å². The maximum atomic E-state index is 12.7. The third-order valence-electron chi connectivity index (χ3n) is 3.66. The van der Waals surface area contributed by atoms with Gasteiger partial charge in [0, 0.05) is 23.9 Å². The van der Waals surface area contributed by atoms with Gasteiger partial charge in [-0.2, -0.15) is 5.10 Å². The predicted octanol–water partition coefficient (Wildman–Crippen LogP) is 2.51. The Hall–Kier alpha value is -2.74. The van der Waals surface area contributed by atoms with Crippen molar-refractivity contribution in [3.8, 4) is 0 Å². The molecule has 0 spiro atoms. The second kappa shape index (κ2) is 7.02. The SMILES string of the molecule is Cc1nn2cccnc2c1C(=O)N(C)CC(=O)Nc1ccccc1Br. The Morgan fingerprint density at radius 1 is 1.28 bits per heavy atom. The molecule has 0 aliphatic rings. The molecular formula is C17H16BrN5O2. The van der Waals surface area contributed by atoms with Gasteiger partial charge >= 0.3 is 0 Å². The molecule has 0 aliphatic carbocycles. The number of hydrogen-bond donors (Lipinski definition) is 1. The fourth-order valence-corrected chi connectivity index (χ4v) is 2.86. The van der Waals surface area contributed by atoms with Gasteiger partial charge in [0.25, 0.3) is 5.91 Å². The zero-order valence-electron chi connectivity index (χ0n) is 13.7. The monoisotopic (exact) mass is 401 g/mol. The summed E-state index contributed by atoms with van der Waals surface area (Å²) in [5, 5.41) is 7.05. The molecule has 0 unspecified atom stereocenters. The number of nitrogens with zero attached hydrogens (tertiary/aromatic N) is 4. The van der Waals surface area contributed by atoms with Gasteiger partial charge in [-0.3, -0.25) is 9.59 Å². The molecular weight excluding hydrogens is 386 g/mol. The van der Waals surface area contributed by atoms with Gasteiger partial charge in [0.1, 0.15) is 5.56 Å². The van der Waals surface area contributed by atoms with Crippen molar-refractivity contribution in [1.82, 2.24) is 19.5 Å². The number of carbonyl (C=O) groups is 2. The zero-order valence-corrected chi connectivity index (χ0v) is 15.3. The average molecular weight is 402 g/mol. The van der Waals surface area contributed by atoms with Gasteiger partial charge in [-0.05, 0) is 41.1 Å². The lowest BCUT2D eigenvalue weighted by molar-refractivity contribution is -0.116. The summed E-state index contributed by atoms with van der Waals surface area (Å²) < 4.78 is 2.33. The Morgan fingerprint density at radius 2 is 2.04 bits per heavy atom. The number of amides is 2. The fraction of sp³-hybridized carbons (Fsp3) is 0.176. The van der Waals surface area contributed by atoms with E-state index >= 15 is 0 Å². The second-order valence-electron chi connectivity index (χ2n) is 5.54. The van der Waals surface area contributed by atoms with Gasteiger partial charge in [-0.1, -0.05) is 12.1 Å². The van der Waals surface area contributed by atoms with Gasteiger partial charge < -0.3 is 10.2 Å². The molecule has 1 aromatic carbocycles. The van der Waals surface area contributed by atoms with E-state index in [9.17, 15) is 9.59 Å². The predicted molar refractivity (Wildman–Crippen MR) is 97.5 cm³/mol. The average Bonchev–Trinajstić information content (AvgIpc) is 2.92. The molecule has 3 rings (SSSR count). The van der Waals surface area contributed by atoms with E-state index in [1.54, 1.807) is 43.0 Å². The summed E-state index contributed by atoms with van der Waals surface area (Å²) in [6.07, 6.45) is 3.33. The molecule has 0 radical (unpaired) electrons. The van der Waals surface area contributed by atoms with Gasteiger partial charge in [0.15, 0.2) is 5.65 Å². The van der Waals surface area contributed by atoms with Crippen molar-refractivity contribution >= 4 is 39.1 Å². The number of aryl methyl sites for hydroxylation is 1. The van der Waals surface area contributed by atoms with Crippen LogP contribution < -0.4 is 5.32 Å². The van der Waals surface area contributed by atoms with Crippen LogP contribution in [0.2, 0.25) is 0 Å². The number of aromatic nitrogens is 3.